The van der Waals surface area contributed by atoms with Gasteiger partial charge in [0.15, 0.2) is 0 Å². The standard InChI is InChI=1S/C26H33NO4/c1-4-13-30-22-11-12-24(26(15-22)29-3)27-16-23(17-27)31-21-9-7-19(8-10-21)18(2)14-25(28)20-5-6-20/h7-12,15,18,20,23H,4-6,13-14,16-17H2,1-3H3/t18-/m1/s1. The zero-order chi connectivity index (χ0) is 21.8. The van der Waals surface area contributed by atoms with Crippen LogP contribution in [-0.2, 0) is 4.79 Å². The lowest BCUT2D eigenvalue weighted by Crippen LogP contribution is -2.54. The molecule has 4 rings (SSSR count). The lowest BCUT2D eigenvalue weighted by atomic mass is 9.94. The topological polar surface area (TPSA) is 48.0 Å². The number of hydrogen-bond acceptors (Lipinski definition) is 5. The minimum absolute atomic E-state index is 0.153. The Kier molecular flexibility index (Phi) is 6.69. The molecule has 31 heavy (non-hydrogen) atoms. The molecule has 166 valence electrons. The highest BCUT2D eigenvalue weighted by molar-refractivity contribution is 5.83. The van der Waals surface area contributed by atoms with Gasteiger partial charge in [-0.05, 0) is 55.0 Å². The van der Waals surface area contributed by atoms with E-state index in [0.717, 1.165) is 55.3 Å². The Morgan fingerprint density at radius 2 is 1.81 bits per heavy atom. The highest BCUT2D eigenvalue weighted by atomic mass is 16.5. The second-order valence-electron chi connectivity index (χ2n) is 8.74. The van der Waals surface area contributed by atoms with Gasteiger partial charge in [0, 0.05) is 18.4 Å². The number of carbonyl (C=O) groups is 1. The summed E-state index contributed by atoms with van der Waals surface area (Å²) in [5, 5.41) is 0. The summed E-state index contributed by atoms with van der Waals surface area (Å²) in [6.07, 6.45) is 3.94. The molecule has 2 aromatic carbocycles. The predicted molar refractivity (Wildman–Crippen MR) is 123 cm³/mol. The summed E-state index contributed by atoms with van der Waals surface area (Å²) in [5.74, 6) is 3.56. The number of ketones is 1. The van der Waals surface area contributed by atoms with E-state index < -0.39 is 0 Å². The maximum atomic E-state index is 12.1. The zero-order valence-electron chi connectivity index (χ0n) is 18.8. The van der Waals surface area contributed by atoms with Crippen LogP contribution in [0.3, 0.4) is 0 Å². The summed E-state index contributed by atoms with van der Waals surface area (Å²) < 4.78 is 17.4. The summed E-state index contributed by atoms with van der Waals surface area (Å²) in [7, 11) is 1.69. The first-order chi connectivity index (χ1) is 15.1. The van der Waals surface area contributed by atoms with Crippen molar-refractivity contribution in [3.63, 3.8) is 0 Å². The Hall–Kier alpha value is -2.69. The van der Waals surface area contributed by atoms with Gasteiger partial charge in [-0.1, -0.05) is 26.0 Å². The summed E-state index contributed by atoms with van der Waals surface area (Å²) >= 11 is 0. The van der Waals surface area contributed by atoms with Gasteiger partial charge >= 0.3 is 0 Å². The molecule has 0 radical (unpaired) electrons. The van der Waals surface area contributed by atoms with Crippen molar-refractivity contribution >= 4 is 11.5 Å². The van der Waals surface area contributed by atoms with E-state index in [4.69, 9.17) is 14.2 Å². The second-order valence-corrected chi connectivity index (χ2v) is 8.74. The molecule has 1 aliphatic heterocycles. The van der Waals surface area contributed by atoms with Crippen molar-refractivity contribution in [3.05, 3.63) is 48.0 Å². The highest BCUT2D eigenvalue weighted by Crippen LogP contribution is 2.36. The fourth-order valence-electron chi connectivity index (χ4n) is 4.00. The first-order valence-corrected chi connectivity index (χ1v) is 11.4. The summed E-state index contributed by atoms with van der Waals surface area (Å²) in [4.78, 5) is 14.3. The van der Waals surface area contributed by atoms with Crippen LogP contribution in [-0.4, -0.2) is 38.7 Å². The largest absolute Gasteiger partial charge is 0.494 e. The van der Waals surface area contributed by atoms with Gasteiger partial charge < -0.3 is 19.1 Å². The summed E-state index contributed by atoms with van der Waals surface area (Å²) in [6.45, 7) is 6.57. The van der Waals surface area contributed by atoms with Crippen LogP contribution in [0.1, 0.15) is 51.0 Å². The van der Waals surface area contributed by atoms with Crippen molar-refractivity contribution in [2.24, 2.45) is 5.92 Å². The molecule has 1 saturated carbocycles. The van der Waals surface area contributed by atoms with Crippen LogP contribution in [0.2, 0.25) is 0 Å². The van der Waals surface area contributed by atoms with Crippen LogP contribution >= 0.6 is 0 Å². The molecule has 1 atom stereocenters. The Morgan fingerprint density at radius 1 is 1.10 bits per heavy atom. The van der Waals surface area contributed by atoms with Gasteiger partial charge in [0.1, 0.15) is 29.1 Å². The number of ether oxygens (including phenoxy) is 3. The SMILES string of the molecule is CCCOc1ccc(N2CC(Oc3ccc([C@H](C)CC(=O)C4CC4)cc3)C2)c(OC)c1. The molecule has 5 nitrogen and oxygen atoms in total. The molecule has 0 N–H and O–H groups in total. The van der Waals surface area contributed by atoms with E-state index in [0.29, 0.717) is 24.7 Å². The Bertz CT molecular complexity index is 885. The fraction of sp³-hybridized carbons (Fsp3) is 0.500. The van der Waals surface area contributed by atoms with Crippen molar-refractivity contribution in [1.82, 2.24) is 0 Å². The third kappa shape index (κ3) is 5.33. The van der Waals surface area contributed by atoms with E-state index in [1.54, 1.807) is 7.11 Å². The quantitative estimate of drug-likeness (QED) is 0.496. The minimum atomic E-state index is 0.153. The number of carbonyl (C=O) groups excluding carboxylic acids is 1. The molecule has 0 amide bonds. The normalized spacial score (nSPS) is 17.1. The third-order valence-electron chi connectivity index (χ3n) is 6.10. The molecule has 0 unspecified atom stereocenters. The van der Waals surface area contributed by atoms with Gasteiger partial charge in [0.05, 0.1) is 32.5 Å². The lowest BCUT2D eigenvalue weighted by Gasteiger charge is -2.41. The molecule has 0 spiro atoms. The Morgan fingerprint density at radius 3 is 2.45 bits per heavy atom. The van der Waals surface area contributed by atoms with Gasteiger partial charge in [-0.25, -0.2) is 0 Å². The average Bonchev–Trinajstić information content (AvgIpc) is 3.60. The first-order valence-electron chi connectivity index (χ1n) is 11.4. The number of benzene rings is 2. The molecular weight excluding hydrogens is 390 g/mol. The molecule has 2 fully saturated rings. The van der Waals surface area contributed by atoms with Gasteiger partial charge in [-0.2, -0.15) is 0 Å². The van der Waals surface area contributed by atoms with Gasteiger partial charge in [-0.3, -0.25) is 4.79 Å². The molecule has 5 heteroatoms. The van der Waals surface area contributed by atoms with Crippen LogP contribution in [0.25, 0.3) is 0 Å². The van der Waals surface area contributed by atoms with Crippen molar-refractivity contribution in [2.75, 3.05) is 31.7 Å². The summed E-state index contributed by atoms with van der Waals surface area (Å²) in [6, 6.07) is 14.2. The predicted octanol–water partition coefficient (Wildman–Crippen LogP) is 5.22. The summed E-state index contributed by atoms with van der Waals surface area (Å²) in [5.41, 5.74) is 2.27. The number of nitrogens with zero attached hydrogens (tertiary/aromatic N) is 1. The maximum Gasteiger partial charge on any atom is 0.145 e. The van der Waals surface area contributed by atoms with Crippen LogP contribution in [0.4, 0.5) is 5.69 Å². The van der Waals surface area contributed by atoms with Crippen molar-refractivity contribution < 1.29 is 19.0 Å². The first kappa shape index (κ1) is 21.5. The number of methoxy groups -OCH3 is 1. The van der Waals surface area contributed by atoms with Crippen molar-refractivity contribution in [2.45, 2.75) is 51.6 Å². The van der Waals surface area contributed by atoms with Gasteiger partial charge in [0.2, 0.25) is 0 Å². The monoisotopic (exact) mass is 423 g/mol. The fourth-order valence-corrected chi connectivity index (χ4v) is 4.00. The van der Waals surface area contributed by atoms with E-state index in [-0.39, 0.29) is 12.0 Å². The number of Topliss-reactive ketones (excluding diaryl/α,β-unsaturated/α-hetero) is 1. The maximum absolute atomic E-state index is 12.1. The van der Waals surface area contributed by atoms with E-state index in [1.165, 1.54) is 5.56 Å². The second kappa shape index (κ2) is 9.63. The van der Waals surface area contributed by atoms with Crippen LogP contribution in [0.15, 0.2) is 42.5 Å². The lowest BCUT2D eigenvalue weighted by molar-refractivity contribution is -0.120. The van der Waals surface area contributed by atoms with Crippen molar-refractivity contribution in [1.29, 1.82) is 0 Å². The van der Waals surface area contributed by atoms with E-state index >= 15 is 0 Å². The molecule has 1 saturated heterocycles. The molecule has 0 bridgehead atoms. The highest BCUT2D eigenvalue weighted by Gasteiger charge is 2.31. The molecule has 0 aromatic heterocycles. The van der Waals surface area contributed by atoms with Crippen LogP contribution < -0.4 is 19.1 Å². The van der Waals surface area contributed by atoms with E-state index in [2.05, 4.69) is 36.9 Å². The Labute approximate surface area is 185 Å². The van der Waals surface area contributed by atoms with E-state index in [9.17, 15) is 4.79 Å². The van der Waals surface area contributed by atoms with Gasteiger partial charge in [-0.15, -0.1) is 0 Å². The third-order valence-corrected chi connectivity index (χ3v) is 6.10. The average molecular weight is 424 g/mol. The minimum Gasteiger partial charge on any atom is -0.494 e. The van der Waals surface area contributed by atoms with Crippen molar-refractivity contribution in [3.8, 4) is 17.2 Å². The smallest absolute Gasteiger partial charge is 0.145 e. The number of anilines is 1. The van der Waals surface area contributed by atoms with Crippen LogP contribution in [0.5, 0.6) is 17.2 Å². The van der Waals surface area contributed by atoms with E-state index in [1.807, 2.05) is 24.3 Å². The van der Waals surface area contributed by atoms with Crippen LogP contribution in [0, 0.1) is 5.92 Å². The van der Waals surface area contributed by atoms with Gasteiger partial charge in [0.25, 0.3) is 0 Å². The Balaban J connectivity index is 1.28. The molecule has 2 aromatic rings. The molecule has 1 heterocycles. The molecular formula is C26H33NO4. The molecule has 2 aliphatic rings. The number of hydrogen-bond donors (Lipinski definition) is 0. The zero-order valence-corrected chi connectivity index (χ0v) is 18.8. The number of rotatable bonds is 11. The molecule has 1 aliphatic carbocycles.